The van der Waals surface area contributed by atoms with Crippen molar-refractivity contribution in [2.75, 3.05) is 47.6 Å². The molecule has 2 aromatic carbocycles. The number of ether oxygens (including phenoxy) is 3. The number of hydrogen-bond donors (Lipinski definition) is 0. The van der Waals surface area contributed by atoms with Gasteiger partial charge in [-0.25, -0.2) is 0 Å². The van der Waals surface area contributed by atoms with Crippen molar-refractivity contribution in [1.29, 1.82) is 0 Å². The molecular formula is C30H35N3O8. The first-order valence-electron chi connectivity index (χ1n) is 13.1. The van der Waals surface area contributed by atoms with Crippen molar-refractivity contribution in [3.63, 3.8) is 0 Å². The molecule has 11 nitrogen and oxygen atoms in total. The maximum Gasteiger partial charge on any atom is 0.269 e. The van der Waals surface area contributed by atoms with Gasteiger partial charge in [-0.1, -0.05) is 6.07 Å². The number of rotatable bonds is 16. The highest BCUT2D eigenvalue weighted by Gasteiger charge is 2.21. The first-order valence-corrected chi connectivity index (χ1v) is 13.1. The van der Waals surface area contributed by atoms with E-state index in [-0.39, 0.29) is 30.6 Å². The zero-order valence-corrected chi connectivity index (χ0v) is 23.5. The molecule has 0 aliphatic heterocycles. The fourth-order valence-corrected chi connectivity index (χ4v) is 4.09. The predicted octanol–water partition coefficient (Wildman–Crippen LogP) is 4.35. The second-order valence-electron chi connectivity index (χ2n) is 9.12. The molecule has 1 aromatic heterocycles. The van der Waals surface area contributed by atoms with E-state index in [2.05, 4.69) is 0 Å². The largest absolute Gasteiger partial charge is 0.493 e. The number of benzene rings is 2. The maximum absolute atomic E-state index is 13.6. The van der Waals surface area contributed by atoms with Crippen LogP contribution in [0.3, 0.4) is 0 Å². The lowest BCUT2D eigenvalue weighted by atomic mass is 10.1. The van der Waals surface area contributed by atoms with Crippen molar-refractivity contribution in [1.82, 2.24) is 9.80 Å². The van der Waals surface area contributed by atoms with E-state index in [1.54, 1.807) is 62.8 Å². The first-order chi connectivity index (χ1) is 19.8. The van der Waals surface area contributed by atoms with Gasteiger partial charge in [0.05, 0.1) is 32.0 Å². The summed E-state index contributed by atoms with van der Waals surface area (Å²) in [6.07, 6.45) is 5.57. The van der Waals surface area contributed by atoms with Crippen LogP contribution in [0.1, 0.15) is 23.3 Å². The Labute approximate surface area is 239 Å². The van der Waals surface area contributed by atoms with Crippen LogP contribution in [-0.2, 0) is 27.3 Å². The summed E-state index contributed by atoms with van der Waals surface area (Å²) in [5.41, 5.74) is 1.55. The van der Waals surface area contributed by atoms with Crippen LogP contribution in [0.5, 0.6) is 11.5 Å². The number of furan rings is 1. The molecule has 0 saturated heterocycles. The van der Waals surface area contributed by atoms with Crippen LogP contribution in [0.15, 0.2) is 71.4 Å². The molecule has 0 unspecified atom stereocenters. The Balaban J connectivity index is 1.74. The normalized spacial score (nSPS) is 10.9. The van der Waals surface area contributed by atoms with E-state index in [0.29, 0.717) is 55.4 Å². The molecule has 11 heteroatoms. The number of non-ortho nitro benzene ring substituents is 1. The van der Waals surface area contributed by atoms with Crippen molar-refractivity contribution in [3.8, 4) is 11.5 Å². The number of methoxy groups -OCH3 is 3. The van der Waals surface area contributed by atoms with Gasteiger partial charge in [-0.05, 0) is 66.4 Å². The number of carbonyl (C=O) groups is 2. The quantitative estimate of drug-likeness (QED) is 0.109. The molecule has 2 amide bonds. The van der Waals surface area contributed by atoms with Crippen LogP contribution >= 0.6 is 0 Å². The minimum absolute atomic E-state index is 0.0370. The van der Waals surface area contributed by atoms with Crippen LogP contribution in [0, 0.1) is 10.1 Å². The minimum atomic E-state index is -0.485. The van der Waals surface area contributed by atoms with E-state index < -0.39 is 4.92 Å². The number of amides is 2. The molecule has 0 bridgehead atoms. The van der Waals surface area contributed by atoms with Crippen molar-refractivity contribution in [2.24, 2.45) is 0 Å². The van der Waals surface area contributed by atoms with Crippen LogP contribution < -0.4 is 9.47 Å². The summed E-state index contributed by atoms with van der Waals surface area (Å²) in [6.45, 7) is 1.23. The van der Waals surface area contributed by atoms with E-state index in [1.165, 1.54) is 23.1 Å². The zero-order chi connectivity index (χ0) is 29.6. The number of hydrogen-bond acceptors (Lipinski definition) is 8. The summed E-state index contributed by atoms with van der Waals surface area (Å²) in [7, 11) is 4.72. The summed E-state index contributed by atoms with van der Waals surface area (Å²) in [4.78, 5) is 40.2. The standard InChI is InChI=1S/C30H35N3O8/c1-38-18-5-16-31(29(34)14-10-23-7-11-25(12-8-23)33(36)37)22-30(35)32(21-26-6-4-19-41-26)17-15-24-9-13-27(39-2)28(20-24)40-3/h4,6-14,19-20H,5,15-18,21-22H2,1-3H3/b14-10+. The molecule has 0 radical (unpaired) electrons. The third-order valence-corrected chi connectivity index (χ3v) is 6.33. The van der Waals surface area contributed by atoms with E-state index in [1.807, 2.05) is 18.2 Å². The Bertz CT molecular complexity index is 1310. The molecule has 41 heavy (non-hydrogen) atoms. The molecule has 0 atom stereocenters. The van der Waals surface area contributed by atoms with Gasteiger partial charge in [0.2, 0.25) is 11.8 Å². The Morgan fingerprint density at radius 3 is 2.37 bits per heavy atom. The molecule has 3 rings (SSSR count). The van der Waals surface area contributed by atoms with E-state index in [4.69, 9.17) is 18.6 Å². The molecule has 0 N–H and O–H groups in total. The van der Waals surface area contributed by atoms with Gasteiger partial charge >= 0.3 is 0 Å². The van der Waals surface area contributed by atoms with Crippen LogP contribution in [-0.4, -0.2) is 74.1 Å². The van der Waals surface area contributed by atoms with Crippen molar-refractivity contribution in [2.45, 2.75) is 19.4 Å². The highest BCUT2D eigenvalue weighted by atomic mass is 16.6. The molecule has 0 aliphatic carbocycles. The van der Waals surface area contributed by atoms with E-state index >= 15 is 0 Å². The molecule has 3 aromatic rings. The van der Waals surface area contributed by atoms with Gasteiger partial charge in [-0.3, -0.25) is 19.7 Å². The highest BCUT2D eigenvalue weighted by molar-refractivity contribution is 5.94. The van der Waals surface area contributed by atoms with Gasteiger partial charge in [0, 0.05) is 45.0 Å². The zero-order valence-electron chi connectivity index (χ0n) is 23.5. The second-order valence-corrected chi connectivity index (χ2v) is 9.12. The number of nitro groups is 1. The van der Waals surface area contributed by atoms with Crippen molar-refractivity contribution in [3.05, 3.63) is 93.9 Å². The molecular weight excluding hydrogens is 530 g/mol. The summed E-state index contributed by atoms with van der Waals surface area (Å²) in [5, 5.41) is 10.9. The van der Waals surface area contributed by atoms with Gasteiger partial charge in [0.1, 0.15) is 12.3 Å². The van der Waals surface area contributed by atoms with Crippen molar-refractivity contribution >= 4 is 23.6 Å². The van der Waals surface area contributed by atoms with E-state index in [0.717, 1.165) is 5.56 Å². The number of nitrogens with zero attached hydrogens (tertiary/aromatic N) is 3. The Morgan fingerprint density at radius 2 is 1.73 bits per heavy atom. The average Bonchev–Trinajstić information content (AvgIpc) is 3.50. The predicted molar refractivity (Wildman–Crippen MR) is 153 cm³/mol. The fraction of sp³-hybridized carbons (Fsp3) is 0.333. The van der Waals surface area contributed by atoms with Crippen LogP contribution in [0.2, 0.25) is 0 Å². The molecule has 0 spiro atoms. The Hall–Kier alpha value is -4.64. The minimum Gasteiger partial charge on any atom is -0.493 e. The third kappa shape index (κ3) is 9.50. The lowest BCUT2D eigenvalue weighted by Gasteiger charge is -2.27. The molecule has 0 aliphatic rings. The molecule has 0 fully saturated rings. The number of carbonyl (C=O) groups excluding carboxylic acids is 2. The molecule has 1 heterocycles. The lowest BCUT2D eigenvalue weighted by Crippen LogP contribution is -2.43. The SMILES string of the molecule is COCCCN(CC(=O)N(CCc1ccc(OC)c(OC)c1)Cc1ccco1)C(=O)/C=C/c1ccc([N+](=O)[O-])cc1. The van der Waals surface area contributed by atoms with Crippen LogP contribution in [0.25, 0.3) is 6.08 Å². The first kappa shape index (κ1) is 30.9. The van der Waals surface area contributed by atoms with Gasteiger partial charge in [0.25, 0.3) is 5.69 Å². The number of nitro benzene ring substituents is 1. The third-order valence-electron chi connectivity index (χ3n) is 6.33. The fourth-order valence-electron chi connectivity index (χ4n) is 4.09. The van der Waals surface area contributed by atoms with Gasteiger partial charge in [0.15, 0.2) is 11.5 Å². The Kier molecular flexibility index (Phi) is 11.9. The van der Waals surface area contributed by atoms with Gasteiger partial charge in [-0.15, -0.1) is 0 Å². The van der Waals surface area contributed by atoms with Crippen LogP contribution in [0.4, 0.5) is 5.69 Å². The summed E-state index contributed by atoms with van der Waals surface area (Å²) in [5.74, 6) is 1.25. The Morgan fingerprint density at radius 1 is 0.976 bits per heavy atom. The lowest BCUT2D eigenvalue weighted by molar-refractivity contribution is -0.384. The molecule has 0 saturated carbocycles. The summed E-state index contributed by atoms with van der Waals surface area (Å²) < 4.78 is 21.3. The highest BCUT2D eigenvalue weighted by Crippen LogP contribution is 2.28. The topological polar surface area (TPSA) is 125 Å². The average molecular weight is 566 g/mol. The summed E-state index contributed by atoms with van der Waals surface area (Å²) >= 11 is 0. The van der Waals surface area contributed by atoms with E-state index in [9.17, 15) is 19.7 Å². The molecule has 218 valence electrons. The monoisotopic (exact) mass is 565 g/mol. The van der Waals surface area contributed by atoms with Crippen molar-refractivity contribution < 1.29 is 33.1 Å². The van der Waals surface area contributed by atoms with Gasteiger partial charge < -0.3 is 28.4 Å². The second kappa shape index (κ2) is 15.8. The smallest absolute Gasteiger partial charge is 0.269 e. The maximum atomic E-state index is 13.6. The summed E-state index contributed by atoms with van der Waals surface area (Å²) in [6, 6.07) is 15.0. The van der Waals surface area contributed by atoms with Gasteiger partial charge in [-0.2, -0.15) is 0 Å².